The van der Waals surface area contributed by atoms with E-state index in [2.05, 4.69) is 46.1 Å². The fourth-order valence-corrected chi connectivity index (χ4v) is 2.30. The summed E-state index contributed by atoms with van der Waals surface area (Å²) in [4.78, 5) is 5.02. The molecule has 74 valence electrons. The third kappa shape index (κ3) is 3.35. The van der Waals surface area contributed by atoms with E-state index < -0.39 is 0 Å². The van der Waals surface area contributed by atoms with Crippen LogP contribution in [-0.2, 0) is 6.42 Å². The number of hydrogen-bond acceptors (Lipinski definition) is 3. The molecule has 0 amide bonds. The highest BCUT2D eigenvalue weighted by Gasteiger charge is 2.10. The van der Waals surface area contributed by atoms with Gasteiger partial charge in [0.25, 0.3) is 0 Å². The van der Waals surface area contributed by atoms with Crippen LogP contribution in [0.5, 0.6) is 0 Å². The molecule has 13 heavy (non-hydrogen) atoms. The van der Waals surface area contributed by atoms with Gasteiger partial charge in [-0.15, -0.1) is 0 Å². The van der Waals surface area contributed by atoms with Crippen molar-refractivity contribution in [3.63, 3.8) is 0 Å². The summed E-state index contributed by atoms with van der Waals surface area (Å²) in [7, 11) is 0. The summed E-state index contributed by atoms with van der Waals surface area (Å²) in [6.45, 7) is 6.42. The molecule has 0 spiro atoms. The van der Waals surface area contributed by atoms with Gasteiger partial charge in [-0.05, 0) is 18.0 Å². The topological polar surface area (TPSA) is 25.8 Å². The third-order valence-corrected chi connectivity index (χ3v) is 3.56. The van der Waals surface area contributed by atoms with Gasteiger partial charge in [0.2, 0.25) is 0 Å². The Balaban J connectivity index is 2.58. The van der Waals surface area contributed by atoms with Crippen LogP contribution in [0.15, 0.2) is 0 Å². The summed E-state index contributed by atoms with van der Waals surface area (Å²) >= 11 is 5.13. The standard InChI is InChI=1S/C9H15BrN2S/c1-4-7(10)5-8-11-9(6(2)3)12-13-8/h6-7H,4-5H2,1-3H3. The van der Waals surface area contributed by atoms with Crippen LogP contribution in [0.25, 0.3) is 0 Å². The third-order valence-electron chi connectivity index (χ3n) is 1.84. The van der Waals surface area contributed by atoms with Crippen LogP contribution in [0.1, 0.15) is 43.9 Å². The van der Waals surface area contributed by atoms with Crippen LogP contribution >= 0.6 is 27.5 Å². The lowest BCUT2D eigenvalue weighted by Gasteiger charge is -2.01. The van der Waals surface area contributed by atoms with Crippen molar-refractivity contribution in [2.45, 2.75) is 44.4 Å². The highest BCUT2D eigenvalue weighted by molar-refractivity contribution is 9.09. The van der Waals surface area contributed by atoms with Gasteiger partial charge in [0.1, 0.15) is 10.8 Å². The minimum atomic E-state index is 0.445. The van der Waals surface area contributed by atoms with E-state index in [4.69, 9.17) is 0 Å². The molecule has 1 rings (SSSR count). The Hall–Kier alpha value is 0.0400. The lowest BCUT2D eigenvalue weighted by Crippen LogP contribution is -2.00. The Labute approximate surface area is 92.1 Å². The van der Waals surface area contributed by atoms with Crippen LogP contribution in [-0.4, -0.2) is 14.2 Å². The Morgan fingerprint density at radius 2 is 2.15 bits per heavy atom. The first-order chi connectivity index (χ1) is 6.13. The van der Waals surface area contributed by atoms with Crippen LogP contribution in [0.2, 0.25) is 0 Å². The zero-order chi connectivity index (χ0) is 9.84. The first-order valence-electron chi connectivity index (χ1n) is 4.60. The van der Waals surface area contributed by atoms with Gasteiger partial charge in [-0.1, -0.05) is 36.7 Å². The maximum atomic E-state index is 4.48. The van der Waals surface area contributed by atoms with Crippen molar-refractivity contribution in [3.8, 4) is 0 Å². The van der Waals surface area contributed by atoms with Gasteiger partial charge < -0.3 is 0 Å². The van der Waals surface area contributed by atoms with Crippen molar-refractivity contribution >= 4 is 27.5 Å². The van der Waals surface area contributed by atoms with Gasteiger partial charge in [0.05, 0.1) is 0 Å². The fourth-order valence-electron chi connectivity index (χ4n) is 0.919. The summed E-state index contributed by atoms with van der Waals surface area (Å²) in [6.07, 6.45) is 2.14. The van der Waals surface area contributed by atoms with Gasteiger partial charge in [-0.2, -0.15) is 4.37 Å². The van der Waals surface area contributed by atoms with Crippen molar-refractivity contribution in [1.82, 2.24) is 9.36 Å². The molecule has 0 saturated carbocycles. The lowest BCUT2D eigenvalue weighted by atomic mass is 10.2. The van der Waals surface area contributed by atoms with Gasteiger partial charge in [-0.25, -0.2) is 4.98 Å². The molecular weight excluding hydrogens is 248 g/mol. The molecule has 0 bridgehead atoms. The Morgan fingerprint density at radius 1 is 1.46 bits per heavy atom. The number of rotatable bonds is 4. The number of halogens is 1. The molecule has 0 aliphatic carbocycles. The molecule has 0 N–H and O–H groups in total. The molecule has 2 nitrogen and oxygen atoms in total. The molecule has 1 unspecified atom stereocenters. The SMILES string of the molecule is CCC(Br)Cc1nc(C(C)C)ns1. The minimum absolute atomic E-state index is 0.445. The quantitative estimate of drug-likeness (QED) is 0.778. The van der Waals surface area contributed by atoms with Crippen molar-refractivity contribution in [3.05, 3.63) is 10.8 Å². The van der Waals surface area contributed by atoms with Crippen LogP contribution < -0.4 is 0 Å². The first-order valence-corrected chi connectivity index (χ1v) is 6.29. The van der Waals surface area contributed by atoms with E-state index in [1.807, 2.05) is 0 Å². The molecule has 0 aliphatic rings. The molecule has 1 aromatic heterocycles. The molecule has 0 fully saturated rings. The Bertz CT molecular complexity index is 260. The maximum absolute atomic E-state index is 4.48. The summed E-state index contributed by atoms with van der Waals surface area (Å²) in [5.41, 5.74) is 0. The number of alkyl halides is 1. The second-order valence-corrected chi connectivity index (χ2v) is 5.54. The Morgan fingerprint density at radius 3 is 2.62 bits per heavy atom. The first kappa shape index (κ1) is 11.1. The van der Waals surface area contributed by atoms with Gasteiger partial charge >= 0.3 is 0 Å². The van der Waals surface area contributed by atoms with Crippen LogP contribution in [0.3, 0.4) is 0 Å². The molecule has 4 heteroatoms. The maximum Gasteiger partial charge on any atom is 0.145 e. The Kier molecular flexibility index (Phi) is 4.32. The monoisotopic (exact) mass is 262 g/mol. The smallest absolute Gasteiger partial charge is 0.145 e. The highest BCUT2D eigenvalue weighted by Crippen LogP contribution is 2.18. The molecule has 1 heterocycles. The van der Waals surface area contributed by atoms with E-state index in [9.17, 15) is 0 Å². The summed E-state index contributed by atoms with van der Waals surface area (Å²) in [5, 5.41) is 1.15. The second-order valence-electron chi connectivity index (χ2n) is 3.41. The van der Waals surface area contributed by atoms with Crippen molar-refractivity contribution in [2.24, 2.45) is 0 Å². The van der Waals surface area contributed by atoms with Crippen LogP contribution in [0, 0.1) is 0 Å². The largest absolute Gasteiger partial charge is 0.224 e. The predicted octanol–water partition coefficient (Wildman–Crippen LogP) is 3.38. The minimum Gasteiger partial charge on any atom is -0.224 e. The van der Waals surface area contributed by atoms with E-state index in [1.165, 1.54) is 11.5 Å². The van der Waals surface area contributed by atoms with E-state index in [-0.39, 0.29) is 0 Å². The van der Waals surface area contributed by atoms with Gasteiger partial charge in [-0.3, -0.25) is 0 Å². The summed E-state index contributed by atoms with van der Waals surface area (Å²) < 4.78 is 4.31. The van der Waals surface area contributed by atoms with Crippen molar-refractivity contribution in [1.29, 1.82) is 0 Å². The van der Waals surface area contributed by atoms with Gasteiger partial charge in [0.15, 0.2) is 0 Å². The highest BCUT2D eigenvalue weighted by atomic mass is 79.9. The zero-order valence-corrected chi connectivity index (χ0v) is 10.7. The molecule has 0 aliphatic heterocycles. The average molecular weight is 263 g/mol. The van der Waals surface area contributed by atoms with Crippen molar-refractivity contribution in [2.75, 3.05) is 0 Å². The van der Waals surface area contributed by atoms with E-state index in [0.717, 1.165) is 23.7 Å². The molecule has 0 radical (unpaired) electrons. The van der Waals surface area contributed by atoms with E-state index in [1.54, 1.807) is 0 Å². The van der Waals surface area contributed by atoms with Crippen molar-refractivity contribution < 1.29 is 0 Å². The molecule has 0 aromatic carbocycles. The lowest BCUT2D eigenvalue weighted by molar-refractivity contribution is 0.774. The number of hydrogen-bond donors (Lipinski definition) is 0. The molecule has 0 saturated heterocycles. The fraction of sp³-hybridized carbons (Fsp3) is 0.778. The molecule has 1 aromatic rings. The van der Waals surface area contributed by atoms with Gasteiger partial charge in [0, 0.05) is 17.2 Å². The van der Waals surface area contributed by atoms with Crippen LogP contribution in [0.4, 0.5) is 0 Å². The number of nitrogens with zero attached hydrogens (tertiary/aromatic N) is 2. The second kappa shape index (κ2) is 5.05. The molecular formula is C9H15BrN2S. The number of aromatic nitrogens is 2. The average Bonchev–Trinajstić information content (AvgIpc) is 2.52. The zero-order valence-electron chi connectivity index (χ0n) is 8.25. The summed E-state index contributed by atoms with van der Waals surface area (Å²) in [6, 6.07) is 0. The summed E-state index contributed by atoms with van der Waals surface area (Å²) in [5.74, 6) is 1.43. The predicted molar refractivity (Wildman–Crippen MR) is 60.7 cm³/mol. The van der Waals surface area contributed by atoms with E-state index in [0.29, 0.717) is 10.7 Å². The van der Waals surface area contributed by atoms with E-state index >= 15 is 0 Å². The molecule has 1 atom stereocenters. The normalized spacial score (nSPS) is 13.6.